The van der Waals surface area contributed by atoms with Crippen LogP contribution in [-0.4, -0.2) is 36.8 Å². The molecule has 0 fully saturated rings. The molecule has 0 N–H and O–H groups in total. The van der Waals surface area contributed by atoms with E-state index in [2.05, 4.69) is 4.74 Å². The third-order valence-electron chi connectivity index (χ3n) is 2.41. The van der Waals surface area contributed by atoms with Crippen LogP contribution in [0.25, 0.3) is 6.08 Å². The quantitative estimate of drug-likeness (QED) is 0.470. The Morgan fingerprint density at radius 1 is 1.32 bits per heavy atom. The fourth-order valence-electron chi connectivity index (χ4n) is 1.46. The third kappa shape index (κ3) is 3.77. The van der Waals surface area contributed by atoms with Crippen LogP contribution in [0.15, 0.2) is 35.9 Å². The van der Waals surface area contributed by atoms with E-state index in [4.69, 9.17) is 0 Å². The smallest absolute Gasteiger partial charge is 0.416 e. The Balaban J connectivity index is 3.03. The van der Waals surface area contributed by atoms with Gasteiger partial charge in [0.15, 0.2) is 0 Å². The standard InChI is InChI=1S/C14H14NO4/c1-3-15(14(18)19-2)13(17)12(10-16)9-11-7-5-4-6-8-11/h4-9H,3H2,1-2H3. The van der Waals surface area contributed by atoms with Gasteiger partial charge in [-0.1, -0.05) is 30.3 Å². The monoisotopic (exact) mass is 260 g/mol. The van der Waals surface area contributed by atoms with Gasteiger partial charge in [0.25, 0.3) is 5.91 Å². The second kappa shape index (κ2) is 7.10. The lowest BCUT2D eigenvalue weighted by atomic mass is 10.1. The van der Waals surface area contributed by atoms with Crippen molar-refractivity contribution in [2.75, 3.05) is 13.7 Å². The molecule has 0 bridgehead atoms. The summed E-state index contributed by atoms with van der Waals surface area (Å²) in [6.07, 6.45) is 2.13. The summed E-state index contributed by atoms with van der Waals surface area (Å²) in [5.41, 5.74) is 0.452. The maximum absolute atomic E-state index is 12.0. The van der Waals surface area contributed by atoms with Crippen LogP contribution in [0.1, 0.15) is 12.5 Å². The molecule has 19 heavy (non-hydrogen) atoms. The first-order valence-corrected chi connectivity index (χ1v) is 5.68. The molecular formula is C14H14NO4. The summed E-state index contributed by atoms with van der Waals surface area (Å²) in [6, 6.07) is 8.83. The Hall–Kier alpha value is -2.43. The SMILES string of the molecule is CCN(C(=O)OC)C(=O)C([C]=O)=Cc1ccccc1. The second-order valence-corrected chi connectivity index (χ2v) is 3.59. The van der Waals surface area contributed by atoms with Crippen LogP contribution in [0.5, 0.6) is 0 Å². The number of ether oxygens (including phenoxy) is 1. The molecule has 1 radical (unpaired) electrons. The predicted octanol–water partition coefficient (Wildman–Crippen LogP) is 1.79. The van der Waals surface area contributed by atoms with Crippen LogP contribution in [-0.2, 0) is 14.3 Å². The Morgan fingerprint density at radius 3 is 2.42 bits per heavy atom. The number of hydrogen-bond acceptors (Lipinski definition) is 4. The summed E-state index contributed by atoms with van der Waals surface area (Å²) in [4.78, 5) is 35.1. The number of imide groups is 1. The van der Waals surface area contributed by atoms with Crippen LogP contribution >= 0.6 is 0 Å². The van der Waals surface area contributed by atoms with Crippen LogP contribution < -0.4 is 0 Å². The number of nitrogens with zero attached hydrogens (tertiary/aromatic N) is 1. The molecular weight excluding hydrogens is 246 g/mol. The third-order valence-corrected chi connectivity index (χ3v) is 2.41. The van der Waals surface area contributed by atoms with Gasteiger partial charge in [-0.2, -0.15) is 0 Å². The van der Waals surface area contributed by atoms with Gasteiger partial charge in [-0.15, -0.1) is 0 Å². The van der Waals surface area contributed by atoms with Gasteiger partial charge in [0, 0.05) is 6.54 Å². The first-order chi connectivity index (χ1) is 9.13. The highest BCUT2D eigenvalue weighted by Crippen LogP contribution is 2.09. The lowest BCUT2D eigenvalue weighted by molar-refractivity contribution is -0.124. The molecule has 0 aliphatic rings. The van der Waals surface area contributed by atoms with Crippen molar-refractivity contribution in [3.05, 3.63) is 41.5 Å². The number of methoxy groups -OCH3 is 1. The summed E-state index contributed by atoms with van der Waals surface area (Å²) in [6.45, 7) is 1.72. The maximum atomic E-state index is 12.0. The molecule has 0 unspecified atom stereocenters. The van der Waals surface area contributed by atoms with Crippen LogP contribution in [0.4, 0.5) is 4.79 Å². The van der Waals surface area contributed by atoms with Gasteiger partial charge in [-0.3, -0.25) is 9.59 Å². The number of rotatable bonds is 4. The molecule has 0 saturated carbocycles. The van der Waals surface area contributed by atoms with Crippen LogP contribution in [0, 0.1) is 0 Å². The van der Waals surface area contributed by atoms with E-state index >= 15 is 0 Å². The van der Waals surface area contributed by atoms with Crippen molar-refractivity contribution in [1.82, 2.24) is 4.90 Å². The zero-order valence-corrected chi connectivity index (χ0v) is 10.8. The van der Waals surface area contributed by atoms with Crippen molar-refractivity contribution in [2.45, 2.75) is 6.92 Å². The molecule has 1 rings (SSSR count). The van der Waals surface area contributed by atoms with Gasteiger partial charge >= 0.3 is 6.09 Å². The molecule has 0 aliphatic carbocycles. The minimum Gasteiger partial charge on any atom is -0.452 e. The number of benzene rings is 1. The molecule has 0 spiro atoms. The van der Waals surface area contributed by atoms with Crippen LogP contribution in [0.3, 0.4) is 0 Å². The Kier molecular flexibility index (Phi) is 5.47. The molecule has 5 heteroatoms. The highest BCUT2D eigenvalue weighted by atomic mass is 16.5. The van der Waals surface area contributed by atoms with Crippen molar-refractivity contribution in [1.29, 1.82) is 0 Å². The minimum atomic E-state index is -0.804. The van der Waals surface area contributed by atoms with Gasteiger partial charge in [-0.05, 0) is 18.6 Å². The average molecular weight is 260 g/mol. The lowest BCUT2D eigenvalue weighted by Gasteiger charge is -2.16. The Bertz CT molecular complexity index is 493. The first-order valence-electron chi connectivity index (χ1n) is 5.68. The molecule has 99 valence electrons. The fourth-order valence-corrected chi connectivity index (χ4v) is 1.46. The van der Waals surface area contributed by atoms with Crippen LogP contribution in [0.2, 0.25) is 0 Å². The summed E-state index contributed by atoms with van der Waals surface area (Å²) in [7, 11) is 1.17. The van der Waals surface area contributed by atoms with Crippen molar-refractivity contribution >= 4 is 24.4 Å². The Labute approximate surface area is 111 Å². The van der Waals surface area contributed by atoms with E-state index < -0.39 is 12.0 Å². The lowest BCUT2D eigenvalue weighted by Crippen LogP contribution is -2.37. The largest absolute Gasteiger partial charge is 0.452 e. The van der Waals surface area contributed by atoms with Crippen molar-refractivity contribution in [3.63, 3.8) is 0 Å². The van der Waals surface area contributed by atoms with E-state index in [1.165, 1.54) is 13.2 Å². The normalized spacial score (nSPS) is 10.7. The first kappa shape index (κ1) is 14.6. The van der Waals surface area contributed by atoms with E-state index in [1.807, 2.05) is 6.07 Å². The number of likely N-dealkylation sites (N-methyl/N-ethyl adjacent to an activating group) is 1. The molecule has 0 aliphatic heterocycles. The van der Waals surface area contributed by atoms with E-state index in [0.29, 0.717) is 5.56 Å². The van der Waals surface area contributed by atoms with E-state index in [-0.39, 0.29) is 12.1 Å². The molecule has 0 saturated heterocycles. The van der Waals surface area contributed by atoms with Gasteiger partial charge in [-0.25, -0.2) is 9.69 Å². The maximum Gasteiger partial charge on any atom is 0.416 e. The van der Waals surface area contributed by atoms with E-state index in [0.717, 1.165) is 4.90 Å². The molecule has 1 aromatic rings. The molecule has 0 heterocycles. The highest BCUT2D eigenvalue weighted by molar-refractivity contribution is 6.17. The summed E-state index contributed by atoms with van der Waals surface area (Å²) in [5.74, 6) is -0.729. The number of hydrogen-bond donors (Lipinski definition) is 0. The fraction of sp³-hybridized carbons (Fsp3) is 0.214. The van der Waals surface area contributed by atoms with Gasteiger partial charge in [0.1, 0.15) is 0 Å². The average Bonchev–Trinajstić information content (AvgIpc) is 2.46. The zero-order chi connectivity index (χ0) is 14.3. The van der Waals surface area contributed by atoms with E-state index in [9.17, 15) is 14.4 Å². The molecule has 2 amide bonds. The van der Waals surface area contributed by atoms with Gasteiger partial charge in [0.2, 0.25) is 6.29 Å². The Morgan fingerprint density at radius 2 is 1.95 bits per heavy atom. The second-order valence-electron chi connectivity index (χ2n) is 3.59. The van der Waals surface area contributed by atoms with Crippen molar-refractivity contribution in [3.8, 4) is 0 Å². The van der Waals surface area contributed by atoms with Gasteiger partial charge in [0.05, 0.1) is 12.7 Å². The number of amides is 2. The summed E-state index contributed by atoms with van der Waals surface area (Å²) < 4.78 is 4.48. The summed E-state index contributed by atoms with van der Waals surface area (Å²) >= 11 is 0. The predicted molar refractivity (Wildman–Crippen MR) is 69.9 cm³/mol. The zero-order valence-electron chi connectivity index (χ0n) is 10.8. The number of carbonyl (C=O) groups is 2. The highest BCUT2D eigenvalue weighted by Gasteiger charge is 2.23. The molecule has 1 aromatic carbocycles. The van der Waals surface area contributed by atoms with Gasteiger partial charge < -0.3 is 4.74 Å². The molecule has 0 atom stereocenters. The van der Waals surface area contributed by atoms with Crippen molar-refractivity contribution < 1.29 is 19.1 Å². The topological polar surface area (TPSA) is 63.7 Å². The summed E-state index contributed by atoms with van der Waals surface area (Å²) in [5, 5.41) is 0. The molecule has 5 nitrogen and oxygen atoms in total. The van der Waals surface area contributed by atoms with Crippen molar-refractivity contribution in [2.24, 2.45) is 0 Å². The number of carbonyl (C=O) groups excluding carboxylic acids is 3. The molecule has 0 aromatic heterocycles. The van der Waals surface area contributed by atoms with E-state index in [1.54, 1.807) is 37.5 Å². The minimum absolute atomic E-state index is 0.110.